The Balaban J connectivity index is 1.31. The van der Waals surface area contributed by atoms with Crippen LogP contribution >= 0.6 is 50.6 Å². The van der Waals surface area contributed by atoms with E-state index in [9.17, 15) is 4.79 Å². The van der Waals surface area contributed by atoms with Gasteiger partial charge in [-0.05, 0) is 42.0 Å². The van der Waals surface area contributed by atoms with Gasteiger partial charge in [0.2, 0.25) is 5.91 Å². The number of anilines is 1. The molecule has 1 amide bonds. The first-order valence-electron chi connectivity index (χ1n) is 10.5. The summed E-state index contributed by atoms with van der Waals surface area (Å²) in [5.41, 5.74) is 1.09. The first kappa shape index (κ1) is 25.4. The van der Waals surface area contributed by atoms with E-state index in [0.29, 0.717) is 34.1 Å². The minimum Gasteiger partial charge on any atom is -0.486 e. The molecule has 2 aromatic heterocycles. The van der Waals surface area contributed by atoms with E-state index < -0.39 is 0 Å². The van der Waals surface area contributed by atoms with Gasteiger partial charge in [0, 0.05) is 33.5 Å². The van der Waals surface area contributed by atoms with E-state index in [1.807, 2.05) is 53.1 Å². The molecule has 0 unspecified atom stereocenters. The van der Waals surface area contributed by atoms with Crippen molar-refractivity contribution in [2.75, 3.05) is 11.1 Å². The van der Waals surface area contributed by atoms with E-state index in [4.69, 9.17) is 16.3 Å². The van der Waals surface area contributed by atoms with Crippen molar-refractivity contribution in [3.8, 4) is 5.75 Å². The fraction of sp³-hybridized carbons (Fsp3) is 0.167. The van der Waals surface area contributed by atoms with Crippen molar-refractivity contribution in [3.63, 3.8) is 0 Å². The number of nitrogens with zero attached hydrogens (tertiary/aromatic N) is 4. The van der Waals surface area contributed by atoms with Gasteiger partial charge in [-0.1, -0.05) is 57.5 Å². The van der Waals surface area contributed by atoms with Gasteiger partial charge < -0.3 is 10.1 Å². The molecule has 4 rings (SSSR count). The zero-order valence-electron chi connectivity index (χ0n) is 18.5. The molecule has 0 spiro atoms. The number of ether oxygens (including phenoxy) is 1. The molecule has 0 bridgehead atoms. The zero-order valence-corrected chi connectivity index (χ0v) is 22.5. The molecule has 7 nitrogen and oxygen atoms in total. The van der Waals surface area contributed by atoms with Crippen molar-refractivity contribution >= 4 is 61.7 Å². The Morgan fingerprint density at radius 3 is 2.86 bits per heavy atom. The van der Waals surface area contributed by atoms with E-state index in [1.54, 1.807) is 12.3 Å². The Bertz CT molecular complexity index is 1310. The maximum Gasteiger partial charge on any atom is 0.236 e. The molecular weight excluding hydrogens is 570 g/mol. The second-order valence-corrected chi connectivity index (χ2v) is 10.7. The van der Waals surface area contributed by atoms with Crippen LogP contribution in [0, 0.1) is 0 Å². The van der Waals surface area contributed by atoms with Gasteiger partial charge in [-0.25, -0.2) is 4.98 Å². The molecule has 1 N–H and O–H groups in total. The lowest BCUT2D eigenvalue weighted by molar-refractivity contribution is -0.113. The third-order valence-corrected chi connectivity index (χ3v) is 7.33. The number of halogens is 2. The number of hydrogen-bond donors (Lipinski definition) is 1. The van der Waals surface area contributed by atoms with Gasteiger partial charge >= 0.3 is 0 Å². The van der Waals surface area contributed by atoms with Crippen molar-refractivity contribution in [2.24, 2.45) is 0 Å². The Morgan fingerprint density at radius 2 is 2.09 bits per heavy atom. The summed E-state index contributed by atoms with van der Waals surface area (Å²) < 4.78 is 8.69. The van der Waals surface area contributed by atoms with Crippen LogP contribution < -0.4 is 10.1 Å². The predicted octanol–water partition coefficient (Wildman–Crippen LogP) is 6.24. The van der Waals surface area contributed by atoms with Crippen molar-refractivity contribution in [1.82, 2.24) is 19.7 Å². The third kappa shape index (κ3) is 7.41. The predicted molar refractivity (Wildman–Crippen MR) is 144 cm³/mol. The molecule has 35 heavy (non-hydrogen) atoms. The highest BCUT2D eigenvalue weighted by molar-refractivity contribution is 9.10. The topological polar surface area (TPSA) is 81.9 Å². The number of hydrogen-bond acceptors (Lipinski definition) is 7. The number of thiazole rings is 1. The molecule has 0 aliphatic carbocycles. The molecule has 0 aliphatic heterocycles. The summed E-state index contributed by atoms with van der Waals surface area (Å²) in [6.07, 6.45) is 4.24. The molecule has 11 heteroatoms. The number of benzene rings is 2. The summed E-state index contributed by atoms with van der Waals surface area (Å²) >= 11 is 12.2. The monoisotopic (exact) mass is 589 g/mol. The van der Waals surface area contributed by atoms with Crippen LogP contribution in [0.3, 0.4) is 0 Å². The van der Waals surface area contributed by atoms with E-state index >= 15 is 0 Å². The third-order valence-electron chi connectivity index (χ3n) is 4.69. The van der Waals surface area contributed by atoms with Crippen LogP contribution in [0.5, 0.6) is 5.75 Å². The molecule has 180 valence electrons. The summed E-state index contributed by atoms with van der Waals surface area (Å²) in [6, 6.07) is 15.3. The Hall–Kier alpha value is -2.66. The largest absolute Gasteiger partial charge is 0.486 e. The van der Waals surface area contributed by atoms with Crippen molar-refractivity contribution in [3.05, 3.63) is 93.1 Å². The van der Waals surface area contributed by atoms with Gasteiger partial charge in [-0.2, -0.15) is 0 Å². The van der Waals surface area contributed by atoms with E-state index in [0.717, 1.165) is 20.7 Å². The number of aromatic nitrogens is 4. The highest BCUT2D eigenvalue weighted by Gasteiger charge is 2.15. The summed E-state index contributed by atoms with van der Waals surface area (Å²) in [6.45, 7) is 4.57. The SMILES string of the molecule is C=CCn1c(COc2ccc(Br)cc2)nnc1SCC(=O)Nc1ncc(Cc2cccc(Cl)c2)s1. The number of allylic oxidation sites excluding steroid dienone is 1. The molecule has 0 saturated heterocycles. The first-order chi connectivity index (χ1) is 17.0. The lowest BCUT2D eigenvalue weighted by Crippen LogP contribution is -2.14. The normalized spacial score (nSPS) is 10.8. The molecule has 0 fully saturated rings. The molecule has 0 saturated carbocycles. The van der Waals surface area contributed by atoms with Crippen LogP contribution in [0.25, 0.3) is 0 Å². The van der Waals surface area contributed by atoms with Crippen molar-refractivity contribution in [2.45, 2.75) is 24.7 Å². The molecule has 2 aromatic carbocycles. The maximum atomic E-state index is 12.5. The molecule has 0 atom stereocenters. The molecular formula is C24H21BrClN5O2S2. The summed E-state index contributed by atoms with van der Waals surface area (Å²) in [5, 5.41) is 13.2. The Kier molecular flexibility index (Phi) is 8.97. The van der Waals surface area contributed by atoms with Crippen LogP contribution in [-0.2, 0) is 24.4 Å². The Morgan fingerprint density at radius 1 is 1.26 bits per heavy atom. The fourth-order valence-electron chi connectivity index (χ4n) is 3.10. The number of carbonyl (C=O) groups excluding carboxylic acids is 1. The average Bonchev–Trinajstić information content (AvgIpc) is 3.44. The highest BCUT2D eigenvalue weighted by atomic mass is 79.9. The maximum absolute atomic E-state index is 12.5. The minimum absolute atomic E-state index is 0.167. The summed E-state index contributed by atoms with van der Waals surface area (Å²) in [7, 11) is 0. The Labute approximate surface area is 224 Å². The van der Waals surface area contributed by atoms with Crippen LogP contribution in [0.15, 0.2) is 77.0 Å². The van der Waals surface area contributed by atoms with E-state index in [-0.39, 0.29) is 18.3 Å². The first-order valence-corrected chi connectivity index (χ1v) is 13.5. The lowest BCUT2D eigenvalue weighted by Gasteiger charge is -2.09. The van der Waals surface area contributed by atoms with E-state index in [2.05, 4.69) is 43.0 Å². The van der Waals surface area contributed by atoms with Gasteiger partial charge in [-0.15, -0.1) is 28.1 Å². The minimum atomic E-state index is -0.167. The van der Waals surface area contributed by atoms with Crippen LogP contribution in [0.4, 0.5) is 5.13 Å². The molecule has 4 aromatic rings. The molecule has 0 radical (unpaired) electrons. The number of nitrogens with one attached hydrogen (secondary N) is 1. The zero-order chi connectivity index (χ0) is 24.6. The van der Waals surface area contributed by atoms with Crippen LogP contribution in [0.1, 0.15) is 16.3 Å². The second-order valence-electron chi connectivity index (χ2n) is 7.32. The quantitative estimate of drug-likeness (QED) is 0.165. The smallest absolute Gasteiger partial charge is 0.236 e. The van der Waals surface area contributed by atoms with Gasteiger partial charge in [-0.3, -0.25) is 9.36 Å². The molecule has 0 aliphatic rings. The number of carbonyl (C=O) groups is 1. The lowest BCUT2D eigenvalue weighted by atomic mass is 10.1. The van der Waals surface area contributed by atoms with E-state index in [1.165, 1.54) is 23.1 Å². The average molecular weight is 591 g/mol. The number of amides is 1. The van der Waals surface area contributed by atoms with Gasteiger partial charge in [0.25, 0.3) is 0 Å². The van der Waals surface area contributed by atoms with Crippen LogP contribution in [0.2, 0.25) is 5.02 Å². The second kappa shape index (κ2) is 12.3. The fourth-order valence-corrected chi connectivity index (χ4v) is 5.21. The van der Waals surface area contributed by atoms with Gasteiger partial charge in [0.15, 0.2) is 16.1 Å². The summed E-state index contributed by atoms with van der Waals surface area (Å²) in [4.78, 5) is 17.9. The number of thioether (sulfide) groups is 1. The highest BCUT2D eigenvalue weighted by Crippen LogP contribution is 2.24. The number of rotatable bonds is 11. The molecule has 2 heterocycles. The van der Waals surface area contributed by atoms with Crippen molar-refractivity contribution in [1.29, 1.82) is 0 Å². The standard InChI is InChI=1S/C24H21BrClN5O2S2/c1-2-10-31-21(14-33-19-8-6-17(25)7-9-19)29-30-24(31)34-15-22(32)28-23-27-13-20(35-23)12-16-4-3-5-18(26)11-16/h2-9,11,13H,1,10,12,14-15H2,(H,27,28,32). The van der Waals surface area contributed by atoms with Crippen molar-refractivity contribution < 1.29 is 9.53 Å². The van der Waals surface area contributed by atoms with Gasteiger partial charge in [0.1, 0.15) is 12.4 Å². The van der Waals surface area contributed by atoms with Crippen LogP contribution in [-0.4, -0.2) is 31.4 Å². The summed E-state index contributed by atoms with van der Waals surface area (Å²) in [5.74, 6) is 1.39. The van der Waals surface area contributed by atoms with Gasteiger partial charge in [0.05, 0.1) is 5.75 Å².